The molecule has 2 aromatic rings. The zero-order valence-electron chi connectivity index (χ0n) is 10.7. The fraction of sp³-hybridized carbons (Fsp3) is 0.385. The van der Waals surface area contributed by atoms with E-state index in [1.165, 1.54) is 6.07 Å². The number of aromatic nitrogens is 2. The summed E-state index contributed by atoms with van der Waals surface area (Å²) >= 11 is 0. The quantitative estimate of drug-likeness (QED) is 0.903. The van der Waals surface area contributed by atoms with Crippen molar-refractivity contribution in [2.24, 2.45) is 0 Å². The third-order valence-electron chi connectivity index (χ3n) is 2.87. The van der Waals surface area contributed by atoms with Gasteiger partial charge in [-0.05, 0) is 32.5 Å². The third-order valence-corrected chi connectivity index (χ3v) is 2.87. The highest BCUT2D eigenvalue weighted by molar-refractivity contribution is 5.54. The highest BCUT2D eigenvalue weighted by Gasteiger charge is 2.12. The number of likely N-dealkylation sites (N-methyl/N-ethyl adjacent to an activating group) is 1. The SMILES string of the molecule is CNC(C)Cc1nc(-c2ccc(C)c(F)c2)no1. The number of halogens is 1. The van der Waals surface area contributed by atoms with Crippen LogP contribution in [0.4, 0.5) is 4.39 Å². The second-order valence-corrected chi connectivity index (χ2v) is 4.37. The molecule has 0 radical (unpaired) electrons. The number of hydrogen-bond acceptors (Lipinski definition) is 4. The van der Waals surface area contributed by atoms with Gasteiger partial charge in [0.2, 0.25) is 11.7 Å². The van der Waals surface area contributed by atoms with Crippen LogP contribution < -0.4 is 5.32 Å². The van der Waals surface area contributed by atoms with Gasteiger partial charge in [0.25, 0.3) is 0 Å². The molecule has 0 saturated heterocycles. The summed E-state index contributed by atoms with van der Waals surface area (Å²) in [4.78, 5) is 4.25. The molecule has 5 heteroatoms. The number of benzene rings is 1. The standard InChI is InChI=1S/C13H16FN3O/c1-8-4-5-10(7-11(8)14)13-16-12(18-17-13)6-9(2)15-3/h4-5,7,9,15H,6H2,1-3H3. The molecule has 1 unspecified atom stereocenters. The van der Waals surface area contributed by atoms with Crippen LogP contribution in [-0.4, -0.2) is 23.2 Å². The molecule has 1 N–H and O–H groups in total. The van der Waals surface area contributed by atoms with Crippen molar-refractivity contribution in [2.45, 2.75) is 26.3 Å². The van der Waals surface area contributed by atoms with Crippen molar-refractivity contribution in [1.82, 2.24) is 15.5 Å². The Morgan fingerprint density at radius 3 is 2.89 bits per heavy atom. The largest absolute Gasteiger partial charge is 0.339 e. The summed E-state index contributed by atoms with van der Waals surface area (Å²) in [6, 6.07) is 5.17. The molecule has 2 rings (SSSR count). The average Bonchev–Trinajstić information content (AvgIpc) is 2.81. The van der Waals surface area contributed by atoms with Gasteiger partial charge >= 0.3 is 0 Å². The van der Waals surface area contributed by atoms with E-state index in [1.807, 2.05) is 14.0 Å². The zero-order chi connectivity index (χ0) is 13.1. The molecule has 0 spiro atoms. The smallest absolute Gasteiger partial charge is 0.228 e. The topological polar surface area (TPSA) is 51.0 Å². The van der Waals surface area contributed by atoms with Gasteiger partial charge in [-0.2, -0.15) is 4.98 Å². The van der Waals surface area contributed by atoms with Gasteiger partial charge in [0.05, 0.1) is 0 Å². The third kappa shape index (κ3) is 2.73. The number of nitrogens with zero attached hydrogens (tertiary/aromatic N) is 2. The molecule has 96 valence electrons. The van der Waals surface area contributed by atoms with Crippen molar-refractivity contribution >= 4 is 0 Å². The molecular formula is C13H16FN3O. The van der Waals surface area contributed by atoms with Crippen LogP contribution in [0.1, 0.15) is 18.4 Å². The molecule has 0 amide bonds. The Bertz CT molecular complexity index is 539. The lowest BCUT2D eigenvalue weighted by Gasteiger charge is -2.04. The maximum Gasteiger partial charge on any atom is 0.228 e. The number of aryl methyl sites for hydroxylation is 1. The van der Waals surface area contributed by atoms with Gasteiger partial charge in [-0.3, -0.25) is 0 Å². The maximum atomic E-state index is 13.4. The van der Waals surface area contributed by atoms with E-state index in [9.17, 15) is 4.39 Å². The molecule has 0 saturated carbocycles. The zero-order valence-corrected chi connectivity index (χ0v) is 10.7. The summed E-state index contributed by atoms with van der Waals surface area (Å²) in [7, 11) is 1.87. The number of hydrogen-bond donors (Lipinski definition) is 1. The Labute approximate surface area is 105 Å². The van der Waals surface area contributed by atoms with E-state index >= 15 is 0 Å². The lowest BCUT2D eigenvalue weighted by Crippen LogP contribution is -2.23. The molecule has 1 aromatic heterocycles. The van der Waals surface area contributed by atoms with Crippen LogP contribution in [0.25, 0.3) is 11.4 Å². The average molecular weight is 249 g/mol. The second kappa shape index (κ2) is 5.27. The molecule has 0 aliphatic carbocycles. The maximum absolute atomic E-state index is 13.4. The van der Waals surface area contributed by atoms with E-state index in [2.05, 4.69) is 15.5 Å². The molecule has 4 nitrogen and oxygen atoms in total. The minimum Gasteiger partial charge on any atom is -0.339 e. The Balaban J connectivity index is 2.21. The molecule has 0 aliphatic heterocycles. The van der Waals surface area contributed by atoms with Gasteiger partial charge in [0.15, 0.2) is 0 Å². The van der Waals surface area contributed by atoms with E-state index in [0.29, 0.717) is 29.3 Å². The van der Waals surface area contributed by atoms with Crippen LogP contribution in [-0.2, 0) is 6.42 Å². The highest BCUT2D eigenvalue weighted by atomic mass is 19.1. The van der Waals surface area contributed by atoms with Crippen molar-refractivity contribution in [3.8, 4) is 11.4 Å². The van der Waals surface area contributed by atoms with Crippen LogP contribution in [0.2, 0.25) is 0 Å². The predicted molar refractivity (Wildman–Crippen MR) is 66.7 cm³/mol. The van der Waals surface area contributed by atoms with E-state index in [0.717, 1.165) is 0 Å². The van der Waals surface area contributed by atoms with E-state index in [1.54, 1.807) is 19.1 Å². The van der Waals surface area contributed by atoms with Crippen molar-refractivity contribution in [2.75, 3.05) is 7.05 Å². The van der Waals surface area contributed by atoms with Crippen molar-refractivity contribution in [3.63, 3.8) is 0 Å². The van der Waals surface area contributed by atoms with Crippen molar-refractivity contribution in [3.05, 3.63) is 35.5 Å². The molecule has 1 heterocycles. The molecule has 0 fully saturated rings. The van der Waals surface area contributed by atoms with Crippen molar-refractivity contribution in [1.29, 1.82) is 0 Å². The summed E-state index contributed by atoms with van der Waals surface area (Å²) in [5.41, 5.74) is 1.23. The first kappa shape index (κ1) is 12.7. The molecule has 0 aliphatic rings. The van der Waals surface area contributed by atoms with E-state index in [4.69, 9.17) is 4.52 Å². The lowest BCUT2D eigenvalue weighted by molar-refractivity contribution is 0.365. The Kier molecular flexibility index (Phi) is 3.72. The molecule has 18 heavy (non-hydrogen) atoms. The summed E-state index contributed by atoms with van der Waals surface area (Å²) < 4.78 is 18.6. The van der Waals surface area contributed by atoms with Crippen LogP contribution in [0.3, 0.4) is 0 Å². The summed E-state index contributed by atoms with van der Waals surface area (Å²) in [6.45, 7) is 3.74. The van der Waals surface area contributed by atoms with Crippen LogP contribution in [0.15, 0.2) is 22.7 Å². The lowest BCUT2D eigenvalue weighted by atomic mass is 10.1. The Morgan fingerprint density at radius 1 is 1.44 bits per heavy atom. The summed E-state index contributed by atoms with van der Waals surface area (Å²) in [5, 5.41) is 6.96. The Morgan fingerprint density at radius 2 is 2.22 bits per heavy atom. The predicted octanol–water partition coefficient (Wildman–Crippen LogP) is 2.33. The monoisotopic (exact) mass is 249 g/mol. The van der Waals surface area contributed by atoms with Gasteiger partial charge in [-0.25, -0.2) is 4.39 Å². The molecule has 0 bridgehead atoms. The number of rotatable bonds is 4. The second-order valence-electron chi connectivity index (χ2n) is 4.37. The summed E-state index contributed by atoms with van der Waals surface area (Å²) in [5.74, 6) is 0.711. The minimum absolute atomic E-state index is 0.257. The van der Waals surface area contributed by atoms with Crippen molar-refractivity contribution < 1.29 is 8.91 Å². The first-order chi connectivity index (χ1) is 8.60. The van der Waals surface area contributed by atoms with Gasteiger partial charge in [0.1, 0.15) is 5.82 Å². The van der Waals surface area contributed by atoms with Gasteiger partial charge < -0.3 is 9.84 Å². The minimum atomic E-state index is -0.262. The number of nitrogens with one attached hydrogen (secondary N) is 1. The van der Waals surface area contributed by atoms with E-state index in [-0.39, 0.29) is 11.9 Å². The van der Waals surface area contributed by atoms with Gasteiger partial charge in [0, 0.05) is 18.0 Å². The highest BCUT2D eigenvalue weighted by Crippen LogP contribution is 2.19. The van der Waals surface area contributed by atoms with Crippen LogP contribution in [0.5, 0.6) is 0 Å². The molecule has 1 aromatic carbocycles. The normalized spacial score (nSPS) is 12.7. The Hall–Kier alpha value is -1.75. The van der Waals surface area contributed by atoms with Crippen LogP contribution in [0, 0.1) is 12.7 Å². The van der Waals surface area contributed by atoms with Crippen LogP contribution >= 0.6 is 0 Å². The van der Waals surface area contributed by atoms with E-state index < -0.39 is 0 Å². The first-order valence-corrected chi connectivity index (χ1v) is 5.86. The fourth-order valence-corrected chi connectivity index (χ4v) is 1.55. The first-order valence-electron chi connectivity index (χ1n) is 5.86. The fourth-order valence-electron chi connectivity index (χ4n) is 1.55. The van der Waals surface area contributed by atoms with Gasteiger partial charge in [-0.1, -0.05) is 17.3 Å². The molecule has 1 atom stereocenters. The van der Waals surface area contributed by atoms with Gasteiger partial charge in [-0.15, -0.1) is 0 Å². The summed E-state index contributed by atoms with van der Waals surface area (Å²) in [6.07, 6.45) is 0.651. The molecular weight excluding hydrogens is 233 g/mol.